The topological polar surface area (TPSA) is 109 Å². The summed E-state index contributed by atoms with van der Waals surface area (Å²) in [6.45, 7) is 3.70. The molecule has 0 atom stereocenters. The number of hydrogen-bond acceptors (Lipinski definition) is 6. The van der Waals surface area contributed by atoms with Crippen LogP contribution in [-0.2, 0) is 0 Å². The molecule has 1 N–H and O–H groups in total. The number of furan rings is 1. The van der Waals surface area contributed by atoms with Crippen LogP contribution in [0.3, 0.4) is 0 Å². The maximum Gasteiger partial charge on any atom is 0.292 e. The van der Waals surface area contributed by atoms with Gasteiger partial charge in [-0.2, -0.15) is 0 Å². The first-order chi connectivity index (χ1) is 15.4. The van der Waals surface area contributed by atoms with E-state index in [1.165, 1.54) is 12.3 Å². The highest BCUT2D eigenvalue weighted by Gasteiger charge is 2.26. The lowest BCUT2D eigenvalue weighted by molar-refractivity contribution is -0.384. The minimum Gasteiger partial charge on any atom is -0.459 e. The summed E-state index contributed by atoms with van der Waals surface area (Å²) in [5.41, 5.74) is 2.44. The molecule has 1 aliphatic rings. The number of piperazine rings is 1. The number of amides is 2. The van der Waals surface area contributed by atoms with Crippen LogP contribution in [0, 0.1) is 17.0 Å². The number of nitro groups is 1. The standard InChI is InChI=1S/C23H22N4O5/c1-16-8-9-17(15-18(16)24-22(28)21-7-4-14-32-21)23(29)26-12-10-25(11-13-26)19-5-2-3-6-20(19)27(30)31/h2-9,14-15H,10-13H2,1H3,(H,24,28). The first-order valence-electron chi connectivity index (χ1n) is 10.2. The zero-order chi connectivity index (χ0) is 22.7. The van der Waals surface area contributed by atoms with Crippen molar-refractivity contribution >= 4 is 28.9 Å². The zero-order valence-electron chi connectivity index (χ0n) is 17.5. The average molecular weight is 434 g/mol. The van der Waals surface area contributed by atoms with Crippen molar-refractivity contribution in [1.29, 1.82) is 0 Å². The predicted molar refractivity (Wildman–Crippen MR) is 119 cm³/mol. The van der Waals surface area contributed by atoms with Gasteiger partial charge in [0.25, 0.3) is 17.5 Å². The van der Waals surface area contributed by atoms with Crippen LogP contribution in [-0.4, -0.2) is 47.8 Å². The number of benzene rings is 2. The lowest BCUT2D eigenvalue weighted by Gasteiger charge is -2.35. The van der Waals surface area contributed by atoms with E-state index in [4.69, 9.17) is 4.42 Å². The van der Waals surface area contributed by atoms with Crippen molar-refractivity contribution in [2.75, 3.05) is 36.4 Å². The van der Waals surface area contributed by atoms with Gasteiger partial charge >= 0.3 is 0 Å². The van der Waals surface area contributed by atoms with Crippen molar-refractivity contribution in [1.82, 2.24) is 4.90 Å². The van der Waals surface area contributed by atoms with Crippen molar-refractivity contribution in [2.45, 2.75) is 6.92 Å². The number of carbonyl (C=O) groups excluding carboxylic acids is 2. The van der Waals surface area contributed by atoms with Crippen LogP contribution in [0.1, 0.15) is 26.5 Å². The van der Waals surface area contributed by atoms with E-state index < -0.39 is 4.92 Å². The van der Waals surface area contributed by atoms with Crippen molar-refractivity contribution in [3.8, 4) is 0 Å². The van der Waals surface area contributed by atoms with Crippen molar-refractivity contribution in [2.24, 2.45) is 0 Å². The Kier molecular flexibility index (Phi) is 5.89. The average Bonchev–Trinajstić information content (AvgIpc) is 3.35. The van der Waals surface area contributed by atoms with Gasteiger partial charge in [0.05, 0.1) is 11.2 Å². The lowest BCUT2D eigenvalue weighted by atomic mass is 10.1. The molecule has 0 saturated carbocycles. The van der Waals surface area contributed by atoms with Gasteiger partial charge in [-0.25, -0.2) is 0 Å². The number of nitrogens with one attached hydrogen (secondary N) is 1. The first-order valence-corrected chi connectivity index (χ1v) is 10.2. The molecule has 0 aliphatic carbocycles. The molecule has 1 saturated heterocycles. The molecule has 9 heteroatoms. The number of carbonyl (C=O) groups is 2. The minimum atomic E-state index is -0.391. The molecule has 1 fully saturated rings. The molecule has 2 amide bonds. The molecular formula is C23H22N4O5. The Morgan fingerprint density at radius 1 is 1.03 bits per heavy atom. The van der Waals surface area contributed by atoms with E-state index >= 15 is 0 Å². The van der Waals surface area contributed by atoms with Gasteiger partial charge in [0.2, 0.25) is 0 Å². The van der Waals surface area contributed by atoms with Gasteiger partial charge in [0.15, 0.2) is 5.76 Å². The SMILES string of the molecule is Cc1ccc(C(=O)N2CCN(c3ccccc3[N+](=O)[O-])CC2)cc1NC(=O)c1ccco1. The normalized spacial score (nSPS) is 13.7. The maximum absolute atomic E-state index is 13.1. The summed E-state index contributed by atoms with van der Waals surface area (Å²) in [6.07, 6.45) is 1.42. The first kappa shape index (κ1) is 21.1. The Bertz CT molecular complexity index is 1150. The monoisotopic (exact) mass is 434 g/mol. The van der Waals surface area contributed by atoms with Crippen molar-refractivity contribution in [3.05, 3.63) is 87.9 Å². The number of aryl methyl sites for hydroxylation is 1. The van der Waals surface area contributed by atoms with Gasteiger partial charge in [0.1, 0.15) is 5.69 Å². The van der Waals surface area contributed by atoms with Crippen LogP contribution in [0.25, 0.3) is 0 Å². The minimum absolute atomic E-state index is 0.0581. The zero-order valence-corrected chi connectivity index (χ0v) is 17.5. The third-order valence-corrected chi connectivity index (χ3v) is 5.46. The highest BCUT2D eigenvalue weighted by atomic mass is 16.6. The van der Waals surface area contributed by atoms with Crippen molar-refractivity contribution < 1.29 is 18.9 Å². The second-order valence-electron chi connectivity index (χ2n) is 7.49. The van der Waals surface area contributed by atoms with E-state index in [9.17, 15) is 19.7 Å². The fourth-order valence-corrected chi connectivity index (χ4v) is 3.70. The van der Waals surface area contributed by atoms with Gasteiger partial charge in [0, 0.05) is 43.5 Å². The molecule has 164 valence electrons. The Morgan fingerprint density at radius 2 is 1.78 bits per heavy atom. The quantitative estimate of drug-likeness (QED) is 0.484. The predicted octanol–water partition coefficient (Wildman–Crippen LogP) is 3.71. The molecule has 1 aliphatic heterocycles. The Morgan fingerprint density at radius 3 is 2.47 bits per heavy atom. The molecule has 2 heterocycles. The fraction of sp³-hybridized carbons (Fsp3) is 0.217. The summed E-state index contributed by atoms with van der Waals surface area (Å²) in [4.78, 5) is 39.9. The van der Waals surface area contributed by atoms with E-state index in [2.05, 4.69) is 5.32 Å². The van der Waals surface area contributed by atoms with Gasteiger partial charge in [-0.3, -0.25) is 19.7 Å². The van der Waals surface area contributed by atoms with E-state index in [0.29, 0.717) is 43.1 Å². The number of hydrogen-bond donors (Lipinski definition) is 1. The van der Waals surface area contributed by atoms with Crippen LogP contribution in [0.4, 0.5) is 17.1 Å². The van der Waals surface area contributed by atoms with Crippen LogP contribution in [0.5, 0.6) is 0 Å². The number of nitrogens with zero attached hydrogens (tertiary/aromatic N) is 3. The molecule has 2 aromatic carbocycles. The maximum atomic E-state index is 13.1. The van der Waals surface area contributed by atoms with Crippen LogP contribution < -0.4 is 10.2 Å². The summed E-state index contributed by atoms with van der Waals surface area (Å²) in [6, 6.07) is 15.0. The summed E-state index contributed by atoms with van der Waals surface area (Å²) >= 11 is 0. The van der Waals surface area contributed by atoms with E-state index in [0.717, 1.165) is 5.56 Å². The third kappa shape index (κ3) is 4.31. The molecule has 3 aromatic rings. The number of rotatable bonds is 5. The van der Waals surface area contributed by atoms with E-state index in [1.807, 2.05) is 11.8 Å². The Balaban J connectivity index is 1.44. The number of nitro benzene ring substituents is 1. The Hall–Kier alpha value is -4.14. The molecule has 0 spiro atoms. The molecule has 9 nitrogen and oxygen atoms in total. The molecule has 32 heavy (non-hydrogen) atoms. The second kappa shape index (κ2) is 8.93. The van der Waals surface area contributed by atoms with Crippen LogP contribution >= 0.6 is 0 Å². The van der Waals surface area contributed by atoms with Crippen LogP contribution in [0.2, 0.25) is 0 Å². The van der Waals surface area contributed by atoms with Crippen LogP contribution in [0.15, 0.2) is 65.3 Å². The highest BCUT2D eigenvalue weighted by Crippen LogP contribution is 2.28. The second-order valence-corrected chi connectivity index (χ2v) is 7.49. The van der Waals surface area contributed by atoms with Gasteiger partial charge in [-0.1, -0.05) is 18.2 Å². The van der Waals surface area contributed by atoms with Gasteiger partial charge in [-0.05, 0) is 42.8 Å². The van der Waals surface area contributed by atoms with Gasteiger partial charge < -0.3 is 19.5 Å². The third-order valence-electron chi connectivity index (χ3n) is 5.46. The Labute approximate surface area is 184 Å². The fourth-order valence-electron chi connectivity index (χ4n) is 3.70. The van der Waals surface area contributed by atoms with E-state index in [1.54, 1.807) is 53.4 Å². The molecule has 0 radical (unpaired) electrons. The highest BCUT2D eigenvalue weighted by molar-refractivity contribution is 6.04. The summed E-state index contributed by atoms with van der Waals surface area (Å²) in [7, 11) is 0. The number of anilines is 2. The largest absolute Gasteiger partial charge is 0.459 e. The van der Waals surface area contributed by atoms with Gasteiger partial charge in [-0.15, -0.1) is 0 Å². The smallest absolute Gasteiger partial charge is 0.292 e. The summed E-state index contributed by atoms with van der Waals surface area (Å²) in [5, 5.41) is 14.1. The molecular weight excluding hydrogens is 412 g/mol. The molecule has 0 bridgehead atoms. The number of para-hydroxylation sites is 2. The molecule has 4 rings (SSSR count). The summed E-state index contributed by atoms with van der Waals surface area (Å²) < 4.78 is 5.12. The van der Waals surface area contributed by atoms with Crippen molar-refractivity contribution in [3.63, 3.8) is 0 Å². The molecule has 0 unspecified atom stereocenters. The molecule has 1 aromatic heterocycles. The lowest BCUT2D eigenvalue weighted by Crippen LogP contribution is -2.49. The van der Waals surface area contributed by atoms with E-state index in [-0.39, 0.29) is 23.3 Å². The summed E-state index contributed by atoms with van der Waals surface area (Å²) in [5.74, 6) is -0.353.